The summed E-state index contributed by atoms with van der Waals surface area (Å²) in [5.74, 6) is 1.43. The van der Waals surface area contributed by atoms with Gasteiger partial charge < -0.3 is 9.09 Å². The van der Waals surface area contributed by atoms with Gasteiger partial charge in [0, 0.05) is 18.4 Å². The molecule has 0 aromatic carbocycles. The van der Waals surface area contributed by atoms with Gasteiger partial charge in [-0.15, -0.1) is 10.2 Å². The zero-order valence-corrected chi connectivity index (χ0v) is 10.8. The topological polar surface area (TPSA) is 69.6 Å². The SMILES string of the molecule is CC(C)(C)c1nnc(Cl)n1CCc1ncno1. The molecule has 92 valence electrons. The van der Waals surface area contributed by atoms with Crippen LogP contribution >= 0.6 is 11.6 Å². The minimum atomic E-state index is -0.102. The maximum absolute atomic E-state index is 6.01. The van der Waals surface area contributed by atoms with Crippen LogP contribution < -0.4 is 0 Å². The van der Waals surface area contributed by atoms with E-state index in [0.717, 1.165) is 5.82 Å². The lowest BCUT2D eigenvalue weighted by Gasteiger charge is -2.18. The molecule has 6 nitrogen and oxygen atoms in total. The quantitative estimate of drug-likeness (QED) is 0.837. The molecule has 17 heavy (non-hydrogen) atoms. The number of aromatic nitrogens is 5. The smallest absolute Gasteiger partial charge is 0.228 e. The van der Waals surface area contributed by atoms with Crippen LogP contribution in [-0.2, 0) is 18.4 Å². The number of halogens is 1. The van der Waals surface area contributed by atoms with E-state index >= 15 is 0 Å². The lowest BCUT2D eigenvalue weighted by atomic mass is 9.96. The van der Waals surface area contributed by atoms with Gasteiger partial charge >= 0.3 is 0 Å². The molecule has 0 aliphatic heterocycles. The minimum Gasteiger partial charge on any atom is -0.340 e. The Balaban J connectivity index is 2.18. The number of hydrogen-bond acceptors (Lipinski definition) is 5. The zero-order chi connectivity index (χ0) is 12.5. The number of aryl methyl sites for hydroxylation is 1. The Morgan fingerprint density at radius 2 is 2.12 bits per heavy atom. The molecule has 0 atom stereocenters. The van der Waals surface area contributed by atoms with E-state index in [9.17, 15) is 0 Å². The predicted octanol–water partition coefficient (Wildman–Crippen LogP) is 1.85. The van der Waals surface area contributed by atoms with Crippen LogP contribution in [0.5, 0.6) is 0 Å². The first-order chi connectivity index (χ1) is 7.98. The Morgan fingerprint density at radius 1 is 1.35 bits per heavy atom. The standard InChI is InChI=1S/C10H14ClN5O/c1-10(2,3)8-14-15-9(11)16(8)5-4-7-12-6-13-17-7/h6H,4-5H2,1-3H3. The van der Waals surface area contributed by atoms with Crippen LogP contribution in [0.3, 0.4) is 0 Å². The van der Waals surface area contributed by atoms with Crippen molar-refractivity contribution in [3.05, 3.63) is 23.3 Å². The Kier molecular flexibility index (Phi) is 3.15. The zero-order valence-electron chi connectivity index (χ0n) is 10.0. The molecule has 0 aliphatic rings. The molecule has 0 amide bonds. The Morgan fingerprint density at radius 3 is 2.71 bits per heavy atom. The third-order valence-electron chi connectivity index (χ3n) is 2.33. The van der Waals surface area contributed by atoms with E-state index in [1.54, 1.807) is 0 Å². The second-order valence-corrected chi connectivity index (χ2v) is 5.12. The lowest BCUT2D eigenvalue weighted by molar-refractivity contribution is 0.368. The highest BCUT2D eigenvalue weighted by Crippen LogP contribution is 2.23. The summed E-state index contributed by atoms with van der Waals surface area (Å²) >= 11 is 6.01. The van der Waals surface area contributed by atoms with Crippen molar-refractivity contribution in [2.24, 2.45) is 0 Å². The first-order valence-electron chi connectivity index (χ1n) is 5.33. The molecular weight excluding hydrogens is 242 g/mol. The van der Waals surface area contributed by atoms with Crippen molar-refractivity contribution in [3.63, 3.8) is 0 Å². The molecule has 0 bridgehead atoms. The summed E-state index contributed by atoms with van der Waals surface area (Å²) in [5, 5.41) is 11.9. The van der Waals surface area contributed by atoms with E-state index in [2.05, 4.69) is 41.1 Å². The summed E-state index contributed by atoms with van der Waals surface area (Å²) in [7, 11) is 0. The normalized spacial score (nSPS) is 12.0. The van der Waals surface area contributed by atoms with E-state index in [0.29, 0.717) is 24.1 Å². The van der Waals surface area contributed by atoms with Gasteiger partial charge in [0.05, 0.1) is 0 Å². The molecule has 2 heterocycles. The maximum Gasteiger partial charge on any atom is 0.228 e. The predicted molar refractivity (Wildman–Crippen MR) is 61.7 cm³/mol. The van der Waals surface area contributed by atoms with Gasteiger partial charge in [0.25, 0.3) is 0 Å². The lowest BCUT2D eigenvalue weighted by Crippen LogP contribution is -2.20. The van der Waals surface area contributed by atoms with Gasteiger partial charge in [-0.2, -0.15) is 4.98 Å². The van der Waals surface area contributed by atoms with Gasteiger partial charge in [0.2, 0.25) is 11.2 Å². The minimum absolute atomic E-state index is 0.102. The summed E-state index contributed by atoms with van der Waals surface area (Å²) in [4.78, 5) is 3.96. The Labute approximate surface area is 104 Å². The molecule has 7 heteroatoms. The van der Waals surface area contributed by atoms with E-state index < -0.39 is 0 Å². The Hall–Kier alpha value is -1.43. The van der Waals surface area contributed by atoms with Crippen molar-refractivity contribution in [1.29, 1.82) is 0 Å². The van der Waals surface area contributed by atoms with Crippen LogP contribution in [-0.4, -0.2) is 24.9 Å². The fourth-order valence-electron chi connectivity index (χ4n) is 1.55. The average Bonchev–Trinajstić information content (AvgIpc) is 2.83. The molecule has 0 unspecified atom stereocenters. The number of hydrogen-bond donors (Lipinski definition) is 0. The summed E-state index contributed by atoms with van der Waals surface area (Å²) in [6.07, 6.45) is 1.99. The van der Waals surface area contributed by atoms with Crippen LogP contribution in [0, 0.1) is 0 Å². The summed E-state index contributed by atoms with van der Waals surface area (Å²) in [6.45, 7) is 6.82. The largest absolute Gasteiger partial charge is 0.340 e. The highest BCUT2D eigenvalue weighted by Gasteiger charge is 2.23. The molecule has 2 rings (SSSR count). The first kappa shape index (κ1) is 12.0. The fraction of sp³-hybridized carbons (Fsp3) is 0.600. The van der Waals surface area contributed by atoms with Crippen LogP contribution in [0.15, 0.2) is 10.9 Å². The second kappa shape index (κ2) is 4.44. The van der Waals surface area contributed by atoms with E-state index in [-0.39, 0.29) is 5.41 Å². The monoisotopic (exact) mass is 255 g/mol. The summed E-state index contributed by atoms with van der Waals surface area (Å²) in [6, 6.07) is 0. The molecule has 0 spiro atoms. The number of nitrogens with zero attached hydrogens (tertiary/aromatic N) is 5. The summed E-state index contributed by atoms with van der Waals surface area (Å²) < 4.78 is 6.81. The van der Waals surface area contributed by atoms with Crippen molar-refractivity contribution in [2.75, 3.05) is 0 Å². The van der Waals surface area contributed by atoms with Crippen LogP contribution in [0.1, 0.15) is 32.5 Å². The highest BCUT2D eigenvalue weighted by molar-refractivity contribution is 6.28. The highest BCUT2D eigenvalue weighted by atomic mass is 35.5. The van der Waals surface area contributed by atoms with Crippen LogP contribution in [0.25, 0.3) is 0 Å². The first-order valence-corrected chi connectivity index (χ1v) is 5.71. The van der Waals surface area contributed by atoms with Crippen LogP contribution in [0.2, 0.25) is 5.28 Å². The van der Waals surface area contributed by atoms with Crippen LogP contribution in [0.4, 0.5) is 0 Å². The van der Waals surface area contributed by atoms with Gasteiger partial charge in [0.15, 0.2) is 6.33 Å². The number of rotatable bonds is 3. The average molecular weight is 256 g/mol. The maximum atomic E-state index is 6.01. The molecule has 0 saturated heterocycles. The van der Waals surface area contributed by atoms with Gasteiger partial charge in [-0.3, -0.25) is 0 Å². The molecule has 0 radical (unpaired) electrons. The van der Waals surface area contributed by atoms with Crippen molar-refractivity contribution < 1.29 is 4.52 Å². The van der Waals surface area contributed by atoms with Crippen molar-refractivity contribution in [1.82, 2.24) is 24.9 Å². The van der Waals surface area contributed by atoms with E-state index in [1.807, 2.05) is 4.57 Å². The molecule has 0 aliphatic carbocycles. The molecule has 0 saturated carbocycles. The third kappa shape index (κ3) is 2.63. The van der Waals surface area contributed by atoms with Crippen molar-refractivity contribution in [2.45, 2.75) is 39.2 Å². The van der Waals surface area contributed by atoms with Gasteiger partial charge in [-0.1, -0.05) is 25.9 Å². The molecule has 2 aromatic rings. The molecule has 0 N–H and O–H groups in total. The van der Waals surface area contributed by atoms with Crippen molar-refractivity contribution in [3.8, 4) is 0 Å². The molecule has 0 fully saturated rings. The van der Waals surface area contributed by atoms with E-state index in [4.69, 9.17) is 16.1 Å². The van der Waals surface area contributed by atoms with Crippen molar-refractivity contribution >= 4 is 11.6 Å². The summed E-state index contributed by atoms with van der Waals surface area (Å²) in [5.41, 5.74) is -0.102. The molecule has 2 aromatic heterocycles. The Bertz CT molecular complexity index is 485. The third-order valence-corrected chi connectivity index (χ3v) is 2.61. The van der Waals surface area contributed by atoms with Gasteiger partial charge in [-0.25, -0.2) is 0 Å². The second-order valence-electron chi connectivity index (χ2n) is 4.78. The van der Waals surface area contributed by atoms with Gasteiger partial charge in [-0.05, 0) is 11.6 Å². The fourth-order valence-corrected chi connectivity index (χ4v) is 1.75. The molecular formula is C10H14ClN5O. The van der Waals surface area contributed by atoms with Gasteiger partial charge in [0.1, 0.15) is 5.82 Å². The van der Waals surface area contributed by atoms with E-state index in [1.165, 1.54) is 6.33 Å².